The molecule has 4 aliphatic carbocycles. The molecular weight excluding hydrogens is 414 g/mol. The molecule has 186 valence electrons. The number of aliphatic hydroxyl groups is 1. The largest absolute Gasteiger partial charge is 0.433 e. The van der Waals surface area contributed by atoms with E-state index in [1.54, 1.807) is 0 Å². The van der Waals surface area contributed by atoms with Gasteiger partial charge >= 0.3 is 6.09 Å². The third-order valence-corrected chi connectivity index (χ3v) is 11.1. The number of carbonyl (C=O) groups excluding carboxylic acids is 1. The van der Waals surface area contributed by atoms with Gasteiger partial charge in [0.2, 0.25) is 0 Å². The van der Waals surface area contributed by atoms with Crippen molar-refractivity contribution < 1.29 is 14.7 Å². The van der Waals surface area contributed by atoms with Gasteiger partial charge in [0, 0.05) is 18.5 Å². The Labute approximate surface area is 199 Å². The molecule has 1 heterocycles. The van der Waals surface area contributed by atoms with Crippen LogP contribution < -0.4 is 10.6 Å². The fourth-order valence-corrected chi connectivity index (χ4v) is 9.27. The highest BCUT2D eigenvalue weighted by molar-refractivity contribution is 5.85. The molecule has 1 aliphatic heterocycles. The van der Waals surface area contributed by atoms with E-state index < -0.39 is 6.09 Å². The van der Waals surface area contributed by atoms with Crippen molar-refractivity contribution in [1.82, 2.24) is 10.6 Å². The van der Waals surface area contributed by atoms with Crippen molar-refractivity contribution in [1.29, 1.82) is 0 Å². The fourth-order valence-electron chi connectivity index (χ4n) is 9.27. The minimum Gasteiger partial charge on any atom is -0.393 e. The maximum Gasteiger partial charge on any atom is 0.433 e. The van der Waals surface area contributed by atoms with Crippen molar-refractivity contribution in [2.75, 3.05) is 13.1 Å². The maximum atomic E-state index is 12.2. The Hall–Kier alpha value is -1.14. The lowest BCUT2D eigenvalue weighted by atomic mass is 9.44. The summed E-state index contributed by atoms with van der Waals surface area (Å²) >= 11 is 0. The van der Waals surface area contributed by atoms with Gasteiger partial charge in [-0.15, -0.1) is 0 Å². The van der Waals surface area contributed by atoms with Crippen LogP contribution in [0.5, 0.6) is 0 Å². The average molecular weight is 460 g/mol. The molecule has 5 fully saturated rings. The predicted octanol–water partition coefficient (Wildman–Crippen LogP) is 4.86. The summed E-state index contributed by atoms with van der Waals surface area (Å²) in [6.07, 6.45) is 12.6. The summed E-state index contributed by atoms with van der Waals surface area (Å²) < 4.78 is 0. The minimum atomic E-state index is -0.433. The fraction of sp³-hybridized carbons (Fsp3) is 0.926. The second-order valence-corrected chi connectivity index (χ2v) is 12.5. The molecule has 0 aromatic rings. The molecular formula is C27H45N3O3. The van der Waals surface area contributed by atoms with Gasteiger partial charge in [-0.1, -0.05) is 19.0 Å². The summed E-state index contributed by atoms with van der Waals surface area (Å²) in [5, 5.41) is 20.8. The summed E-state index contributed by atoms with van der Waals surface area (Å²) in [6.45, 7) is 8.75. The molecule has 6 nitrogen and oxygen atoms in total. The topological polar surface area (TPSA) is 83.0 Å². The molecule has 1 amide bonds. The predicted molar refractivity (Wildman–Crippen MR) is 130 cm³/mol. The van der Waals surface area contributed by atoms with E-state index in [4.69, 9.17) is 4.84 Å². The Morgan fingerprint density at radius 2 is 1.85 bits per heavy atom. The molecule has 0 bridgehead atoms. The Morgan fingerprint density at radius 1 is 1.06 bits per heavy atom. The van der Waals surface area contributed by atoms with Crippen LogP contribution in [0.4, 0.5) is 4.79 Å². The number of hydrogen-bond acceptors (Lipinski definition) is 5. The molecule has 5 aliphatic rings. The van der Waals surface area contributed by atoms with Gasteiger partial charge in [0.1, 0.15) is 0 Å². The second-order valence-electron chi connectivity index (χ2n) is 12.5. The standard InChI is InChI=1S/C27H45N3O3/c1-17(30-33-25(32)29-16-19-5-4-14-28-19)22-8-9-23-21-7-6-18-15-20(31)10-12-26(18,2)24(21)11-13-27(22,23)3/h18-24,28,31H,4-16H2,1-3H3,(H,29,32)/b30-17+/t18-,19?,20-,21+,22-,23+,24+,26+,27-/m1/s1. The highest BCUT2D eigenvalue weighted by Gasteiger charge is 2.60. The number of fused-ring (bicyclic) bond motifs is 5. The van der Waals surface area contributed by atoms with Gasteiger partial charge < -0.3 is 15.7 Å². The smallest absolute Gasteiger partial charge is 0.393 e. The number of oxime groups is 1. The molecule has 0 radical (unpaired) electrons. The zero-order valence-electron chi connectivity index (χ0n) is 20.9. The number of hydrogen-bond donors (Lipinski definition) is 3. The van der Waals surface area contributed by atoms with Crippen LogP contribution in [0.2, 0.25) is 0 Å². The highest BCUT2D eigenvalue weighted by atomic mass is 16.7. The third kappa shape index (κ3) is 4.24. The van der Waals surface area contributed by atoms with Gasteiger partial charge in [-0.2, -0.15) is 0 Å². The molecule has 33 heavy (non-hydrogen) atoms. The first-order valence-electron chi connectivity index (χ1n) is 13.7. The summed E-state index contributed by atoms with van der Waals surface area (Å²) in [5.41, 5.74) is 1.67. The van der Waals surface area contributed by atoms with Gasteiger partial charge in [0.15, 0.2) is 0 Å². The van der Waals surface area contributed by atoms with Crippen LogP contribution in [0.3, 0.4) is 0 Å². The van der Waals surface area contributed by atoms with E-state index in [1.165, 1.54) is 44.9 Å². The first-order chi connectivity index (χ1) is 15.8. The quantitative estimate of drug-likeness (QED) is 0.318. The van der Waals surface area contributed by atoms with E-state index >= 15 is 0 Å². The van der Waals surface area contributed by atoms with Crippen LogP contribution in [0, 0.1) is 40.4 Å². The van der Waals surface area contributed by atoms with Gasteiger partial charge in [0.25, 0.3) is 0 Å². The van der Waals surface area contributed by atoms with Crippen molar-refractivity contribution in [3.05, 3.63) is 0 Å². The van der Waals surface area contributed by atoms with Crippen molar-refractivity contribution in [3.63, 3.8) is 0 Å². The first-order valence-corrected chi connectivity index (χ1v) is 13.7. The zero-order valence-corrected chi connectivity index (χ0v) is 20.9. The normalized spacial score (nSPS) is 47.4. The van der Waals surface area contributed by atoms with Crippen molar-refractivity contribution >= 4 is 11.8 Å². The molecule has 0 aromatic carbocycles. The molecule has 0 aromatic heterocycles. The lowest BCUT2D eigenvalue weighted by molar-refractivity contribution is -0.123. The van der Waals surface area contributed by atoms with E-state index in [-0.39, 0.29) is 11.5 Å². The van der Waals surface area contributed by atoms with Crippen LogP contribution >= 0.6 is 0 Å². The summed E-state index contributed by atoms with van der Waals surface area (Å²) in [7, 11) is 0. The monoisotopic (exact) mass is 459 g/mol. The number of carbonyl (C=O) groups is 1. The Kier molecular flexibility index (Phi) is 6.54. The molecule has 0 spiro atoms. The summed E-state index contributed by atoms with van der Waals surface area (Å²) in [6, 6.07) is 0.358. The highest BCUT2D eigenvalue weighted by Crippen LogP contribution is 2.67. The van der Waals surface area contributed by atoms with E-state index in [0.717, 1.165) is 55.7 Å². The van der Waals surface area contributed by atoms with E-state index in [9.17, 15) is 9.90 Å². The first kappa shape index (κ1) is 23.6. The number of nitrogens with one attached hydrogen (secondary N) is 2. The molecule has 3 N–H and O–H groups in total. The molecule has 5 rings (SSSR count). The minimum absolute atomic E-state index is 0.0742. The Bertz CT molecular complexity index is 766. The average Bonchev–Trinajstić information content (AvgIpc) is 3.44. The van der Waals surface area contributed by atoms with Crippen molar-refractivity contribution in [3.8, 4) is 0 Å². The van der Waals surface area contributed by atoms with Gasteiger partial charge in [0.05, 0.1) is 11.8 Å². The molecule has 4 saturated carbocycles. The Morgan fingerprint density at radius 3 is 2.64 bits per heavy atom. The van der Waals surface area contributed by atoms with Gasteiger partial charge in [-0.05, 0) is 119 Å². The van der Waals surface area contributed by atoms with E-state index in [1.807, 2.05) is 0 Å². The third-order valence-electron chi connectivity index (χ3n) is 11.1. The summed E-state index contributed by atoms with van der Waals surface area (Å²) in [5.74, 6) is 3.48. The molecule has 9 atom stereocenters. The Balaban J connectivity index is 1.22. The lowest BCUT2D eigenvalue weighted by Crippen LogP contribution is -2.54. The van der Waals surface area contributed by atoms with Crippen LogP contribution in [0.25, 0.3) is 0 Å². The van der Waals surface area contributed by atoms with Crippen LogP contribution in [-0.4, -0.2) is 42.1 Å². The van der Waals surface area contributed by atoms with Gasteiger partial charge in [-0.25, -0.2) is 4.79 Å². The molecule has 6 heteroatoms. The van der Waals surface area contributed by atoms with E-state index in [2.05, 4.69) is 36.6 Å². The molecule has 1 saturated heterocycles. The van der Waals surface area contributed by atoms with Crippen LogP contribution in [0.1, 0.15) is 91.4 Å². The number of nitrogens with zero attached hydrogens (tertiary/aromatic N) is 1. The maximum absolute atomic E-state index is 12.2. The number of amides is 1. The van der Waals surface area contributed by atoms with Crippen LogP contribution in [0.15, 0.2) is 5.16 Å². The zero-order chi connectivity index (χ0) is 23.2. The van der Waals surface area contributed by atoms with Crippen molar-refractivity contribution in [2.24, 2.45) is 45.6 Å². The summed E-state index contributed by atoms with van der Waals surface area (Å²) in [4.78, 5) is 17.5. The number of aliphatic hydroxyl groups excluding tert-OH is 1. The lowest BCUT2D eigenvalue weighted by Gasteiger charge is -2.61. The number of rotatable bonds is 4. The SMILES string of the molecule is C/C(=N\OC(=O)NCC1CCCN1)[C@H]1CC[C@H]2[C@@H]3CC[C@@H]4C[C@H](O)CC[C@]4(C)[C@H]3CC[C@]12C. The van der Waals surface area contributed by atoms with Crippen molar-refractivity contribution in [2.45, 2.75) is 104 Å². The van der Waals surface area contributed by atoms with Crippen LogP contribution in [-0.2, 0) is 4.84 Å². The van der Waals surface area contributed by atoms with Gasteiger partial charge in [-0.3, -0.25) is 4.84 Å². The second kappa shape index (κ2) is 9.14. The van der Waals surface area contributed by atoms with E-state index in [0.29, 0.717) is 29.8 Å². The molecule has 1 unspecified atom stereocenters.